The number of nitrogens with one attached hydrogen (secondary N) is 1. The molecule has 0 aliphatic carbocycles. The van der Waals surface area contributed by atoms with Gasteiger partial charge in [0.15, 0.2) is 0 Å². The number of fused-ring (bicyclic) bond motifs is 1. The fourth-order valence-electron chi connectivity index (χ4n) is 3.44. The summed E-state index contributed by atoms with van der Waals surface area (Å²) < 4.78 is 5.45. The van der Waals surface area contributed by atoms with Crippen LogP contribution in [0.25, 0.3) is 0 Å². The van der Waals surface area contributed by atoms with Gasteiger partial charge in [-0.05, 0) is 34.9 Å². The number of nitrogens with zero attached hydrogens (tertiary/aromatic N) is 1. The zero-order valence-electron chi connectivity index (χ0n) is 13.7. The highest BCUT2D eigenvalue weighted by Gasteiger charge is 2.30. The number of halogens is 2. The minimum atomic E-state index is -0.0514. The molecule has 2 aromatic rings. The number of amides is 1. The van der Waals surface area contributed by atoms with Crippen molar-refractivity contribution in [2.45, 2.75) is 19.3 Å². The standard InChI is InChI=1S/C19H19ClN2O2.ClH/c20-17-4-2-1-3-16(17)18-10-21-7-8-22(18)19(23)13-5-6-14-11-24-12-15(14)9-13;/h1-6,9,18,21H,7-8,10-12H2;1H. The largest absolute Gasteiger partial charge is 0.372 e. The second-order valence-corrected chi connectivity index (χ2v) is 6.62. The third-order valence-electron chi connectivity index (χ3n) is 4.74. The maximum absolute atomic E-state index is 13.1. The number of benzene rings is 2. The molecular formula is C19H20Cl2N2O2. The molecule has 2 aliphatic rings. The topological polar surface area (TPSA) is 41.6 Å². The summed E-state index contributed by atoms with van der Waals surface area (Å²) in [4.78, 5) is 15.0. The van der Waals surface area contributed by atoms with E-state index in [9.17, 15) is 4.79 Å². The first-order valence-corrected chi connectivity index (χ1v) is 8.57. The molecule has 4 rings (SSSR count). The van der Waals surface area contributed by atoms with Crippen LogP contribution in [0.2, 0.25) is 5.02 Å². The Hall–Kier alpha value is -1.59. The van der Waals surface area contributed by atoms with E-state index in [1.54, 1.807) is 0 Å². The molecule has 4 nitrogen and oxygen atoms in total. The molecule has 0 saturated carbocycles. The van der Waals surface area contributed by atoms with E-state index in [0.717, 1.165) is 23.2 Å². The van der Waals surface area contributed by atoms with Crippen molar-refractivity contribution in [3.63, 3.8) is 0 Å². The van der Waals surface area contributed by atoms with Crippen LogP contribution >= 0.6 is 24.0 Å². The Morgan fingerprint density at radius 2 is 1.96 bits per heavy atom. The molecule has 1 amide bonds. The predicted octanol–water partition coefficient (Wildman–Crippen LogP) is 3.58. The molecule has 2 aromatic carbocycles. The molecule has 2 heterocycles. The maximum Gasteiger partial charge on any atom is 0.254 e. The molecule has 1 atom stereocenters. The van der Waals surface area contributed by atoms with E-state index in [1.807, 2.05) is 47.4 Å². The second-order valence-electron chi connectivity index (χ2n) is 6.22. The Bertz CT molecular complexity index is 782. The van der Waals surface area contributed by atoms with Gasteiger partial charge in [0.25, 0.3) is 5.91 Å². The summed E-state index contributed by atoms with van der Waals surface area (Å²) in [7, 11) is 0. The van der Waals surface area contributed by atoms with Crippen molar-refractivity contribution in [2.75, 3.05) is 19.6 Å². The summed E-state index contributed by atoms with van der Waals surface area (Å²) >= 11 is 6.37. The number of hydrogen-bond donors (Lipinski definition) is 1. The Labute approximate surface area is 158 Å². The van der Waals surface area contributed by atoms with Crippen LogP contribution in [0.4, 0.5) is 0 Å². The van der Waals surface area contributed by atoms with Gasteiger partial charge in [-0.3, -0.25) is 4.79 Å². The zero-order chi connectivity index (χ0) is 16.5. The number of rotatable bonds is 2. The highest BCUT2D eigenvalue weighted by atomic mass is 35.5. The second kappa shape index (κ2) is 7.75. The lowest BCUT2D eigenvalue weighted by atomic mass is 10.0. The normalized spacial score (nSPS) is 19.2. The quantitative estimate of drug-likeness (QED) is 0.867. The van der Waals surface area contributed by atoms with Crippen LogP contribution in [0.3, 0.4) is 0 Å². The monoisotopic (exact) mass is 378 g/mol. The third kappa shape index (κ3) is 3.53. The van der Waals surface area contributed by atoms with Gasteiger partial charge in [-0.1, -0.05) is 35.9 Å². The van der Waals surface area contributed by atoms with Gasteiger partial charge in [-0.25, -0.2) is 0 Å². The predicted molar refractivity (Wildman–Crippen MR) is 100 cm³/mol. The van der Waals surface area contributed by atoms with Crippen molar-refractivity contribution in [2.24, 2.45) is 0 Å². The molecule has 25 heavy (non-hydrogen) atoms. The van der Waals surface area contributed by atoms with Crippen LogP contribution in [-0.2, 0) is 18.0 Å². The summed E-state index contributed by atoms with van der Waals surface area (Å²) in [6, 6.07) is 13.6. The van der Waals surface area contributed by atoms with Gasteiger partial charge in [0, 0.05) is 30.2 Å². The van der Waals surface area contributed by atoms with Gasteiger partial charge >= 0.3 is 0 Å². The van der Waals surface area contributed by atoms with Crippen molar-refractivity contribution < 1.29 is 9.53 Å². The maximum atomic E-state index is 13.1. The van der Waals surface area contributed by atoms with Gasteiger partial charge < -0.3 is 15.0 Å². The summed E-state index contributed by atoms with van der Waals surface area (Å²) in [6.45, 7) is 3.40. The molecule has 0 radical (unpaired) electrons. The molecule has 0 bridgehead atoms. The molecule has 1 N–H and O–H groups in total. The van der Waals surface area contributed by atoms with Crippen LogP contribution in [0.15, 0.2) is 42.5 Å². The summed E-state index contributed by atoms with van der Waals surface area (Å²) in [5.41, 5.74) is 4.00. The smallest absolute Gasteiger partial charge is 0.254 e. The van der Waals surface area contributed by atoms with E-state index in [4.69, 9.17) is 16.3 Å². The number of carbonyl (C=O) groups excluding carboxylic acids is 1. The minimum Gasteiger partial charge on any atom is -0.372 e. The van der Waals surface area contributed by atoms with Crippen molar-refractivity contribution in [1.29, 1.82) is 0 Å². The Morgan fingerprint density at radius 3 is 2.80 bits per heavy atom. The Balaban J connectivity index is 0.00000182. The molecular weight excluding hydrogens is 359 g/mol. The number of carbonyl (C=O) groups is 1. The van der Waals surface area contributed by atoms with Gasteiger partial charge in [0.1, 0.15) is 0 Å². The molecule has 2 aliphatic heterocycles. The van der Waals surface area contributed by atoms with Crippen LogP contribution in [0.1, 0.15) is 33.1 Å². The average Bonchev–Trinajstić information content (AvgIpc) is 3.09. The van der Waals surface area contributed by atoms with E-state index < -0.39 is 0 Å². The summed E-state index contributed by atoms with van der Waals surface area (Å²) in [5, 5.41) is 4.07. The Morgan fingerprint density at radius 1 is 1.16 bits per heavy atom. The van der Waals surface area contributed by atoms with Gasteiger partial charge in [-0.15, -0.1) is 12.4 Å². The molecule has 0 spiro atoms. The number of ether oxygens (including phenoxy) is 1. The summed E-state index contributed by atoms with van der Waals surface area (Å²) in [5.74, 6) is 0.0520. The molecule has 1 unspecified atom stereocenters. The molecule has 6 heteroatoms. The van der Waals surface area contributed by atoms with Gasteiger partial charge in [0.05, 0.1) is 19.3 Å². The van der Waals surface area contributed by atoms with E-state index in [1.165, 1.54) is 5.56 Å². The lowest BCUT2D eigenvalue weighted by Crippen LogP contribution is -2.48. The van der Waals surface area contributed by atoms with E-state index >= 15 is 0 Å². The van der Waals surface area contributed by atoms with Crippen LogP contribution in [-0.4, -0.2) is 30.4 Å². The van der Waals surface area contributed by atoms with E-state index in [2.05, 4.69) is 5.32 Å². The van der Waals surface area contributed by atoms with E-state index in [-0.39, 0.29) is 24.4 Å². The van der Waals surface area contributed by atoms with Gasteiger partial charge in [-0.2, -0.15) is 0 Å². The lowest BCUT2D eigenvalue weighted by Gasteiger charge is -2.37. The zero-order valence-corrected chi connectivity index (χ0v) is 15.3. The fraction of sp³-hybridized carbons (Fsp3) is 0.316. The molecule has 1 saturated heterocycles. The molecule has 0 aromatic heterocycles. The highest BCUT2D eigenvalue weighted by Crippen LogP contribution is 2.30. The van der Waals surface area contributed by atoms with Crippen molar-refractivity contribution in [1.82, 2.24) is 10.2 Å². The first kappa shape index (κ1) is 18.2. The first-order valence-electron chi connectivity index (χ1n) is 8.20. The SMILES string of the molecule is Cl.O=C(c1ccc2c(c1)COC2)N1CCNCC1c1ccccc1Cl. The number of hydrogen-bond acceptors (Lipinski definition) is 3. The molecule has 1 fully saturated rings. The minimum absolute atomic E-state index is 0. The van der Waals surface area contributed by atoms with Crippen molar-refractivity contribution >= 4 is 29.9 Å². The average molecular weight is 379 g/mol. The third-order valence-corrected chi connectivity index (χ3v) is 5.08. The lowest BCUT2D eigenvalue weighted by molar-refractivity contribution is 0.0634. The van der Waals surface area contributed by atoms with Crippen molar-refractivity contribution in [3.8, 4) is 0 Å². The van der Waals surface area contributed by atoms with E-state index in [0.29, 0.717) is 31.3 Å². The number of piperazine rings is 1. The van der Waals surface area contributed by atoms with Crippen molar-refractivity contribution in [3.05, 3.63) is 69.7 Å². The van der Waals surface area contributed by atoms with Crippen LogP contribution in [0.5, 0.6) is 0 Å². The van der Waals surface area contributed by atoms with Crippen LogP contribution < -0.4 is 5.32 Å². The summed E-state index contributed by atoms with van der Waals surface area (Å²) in [6.07, 6.45) is 0. The highest BCUT2D eigenvalue weighted by molar-refractivity contribution is 6.31. The van der Waals surface area contributed by atoms with Crippen LogP contribution in [0, 0.1) is 0 Å². The molecule has 132 valence electrons. The fourth-order valence-corrected chi connectivity index (χ4v) is 3.70. The Kier molecular flexibility index (Phi) is 5.64. The van der Waals surface area contributed by atoms with Gasteiger partial charge in [0.2, 0.25) is 0 Å². The first-order chi connectivity index (χ1) is 11.7.